The number of methoxy groups -OCH3 is 1. The molecule has 1 N–H and O–H groups in total. The van der Waals surface area contributed by atoms with Gasteiger partial charge in [0.15, 0.2) is 0 Å². The third-order valence-corrected chi connectivity index (χ3v) is 5.50. The van der Waals surface area contributed by atoms with E-state index in [0.29, 0.717) is 17.1 Å². The van der Waals surface area contributed by atoms with Crippen molar-refractivity contribution >= 4 is 10.0 Å². The smallest absolute Gasteiger partial charge is 0.242 e. The van der Waals surface area contributed by atoms with Crippen molar-refractivity contribution in [3.8, 4) is 17.1 Å². The van der Waals surface area contributed by atoms with E-state index in [2.05, 4.69) is 14.9 Å². The van der Waals surface area contributed by atoms with Crippen molar-refractivity contribution in [2.45, 2.75) is 25.3 Å². The summed E-state index contributed by atoms with van der Waals surface area (Å²) in [6, 6.07) is 12.4. The Bertz CT molecular complexity index is 1030. The Kier molecular flexibility index (Phi) is 5.06. The van der Waals surface area contributed by atoms with Gasteiger partial charge in [-0.3, -0.25) is 0 Å². The number of hydrogen-bond acceptors (Lipinski definition) is 6. The highest BCUT2D eigenvalue weighted by atomic mass is 32.2. The van der Waals surface area contributed by atoms with Crippen molar-refractivity contribution in [3.63, 3.8) is 0 Å². The molecule has 0 saturated carbocycles. The number of hydrogen-bond donors (Lipinski definition) is 1. The summed E-state index contributed by atoms with van der Waals surface area (Å²) >= 11 is 0. The number of nitrogens with one attached hydrogen (secondary N) is 1. The van der Waals surface area contributed by atoms with Gasteiger partial charge in [-0.1, -0.05) is 29.4 Å². The Labute approximate surface area is 152 Å². The van der Waals surface area contributed by atoms with Gasteiger partial charge in [0.25, 0.3) is 0 Å². The lowest BCUT2D eigenvalue weighted by atomic mass is 10.1. The topological polar surface area (TPSA) is 94.3 Å². The van der Waals surface area contributed by atoms with Gasteiger partial charge in [0.05, 0.1) is 18.6 Å². The number of benzene rings is 2. The van der Waals surface area contributed by atoms with Gasteiger partial charge < -0.3 is 9.26 Å². The molecule has 0 saturated heterocycles. The van der Waals surface area contributed by atoms with Gasteiger partial charge in [0, 0.05) is 5.56 Å². The van der Waals surface area contributed by atoms with Crippen LogP contribution in [0, 0.1) is 13.8 Å². The average molecular weight is 373 g/mol. The van der Waals surface area contributed by atoms with Crippen molar-refractivity contribution in [1.82, 2.24) is 14.9 Å². The largest absolute Gasteiger partial charge is 0.497 e. The molecule has 3 rings (SSSR count). The minimum Gasteiger partial charge on any atom is -0.497 e. The quantitative estimate of drug-likeness (QED) is 0.714. The Balaban J connectivity index is 1.76. The third-order valence-electron chi connectivity index (χ3n) is 3.94. The first-order valence-corrected chi connectivity index (χ1v) is 9.42. The lowest BCUT2D eigenvalue weighted by Crippen LogP contribution is -2.24. The highest BCUT2D eigenvalue weighted by molar-refractivity contribution is 7.89. The van der Waals surface area contributed by atoms with Gasteiger partial charge in [-0.2, -0.15) is 4.98 Å². The van der Waals surface area contributed by atoms with Crippen LogP contribution in [0.4, 0.5) is 0 Å². The number of nitrogens with zero attached hydrogens (tertiary/aromatic N) is 2. The fraction of sp³-hybridized carbons (Fsp3) is 0.222. The van der Waals surface area contributed by atoms with Crippen molar-refractivity contribution in [2.24, 2.45) is 0 Å². The number of aromatic nitrogens is 2. The maximum Gasteiger partial charge on any atom is 0.242 e. The molecule has 0 aliphatic heterocycles. The Morgan fingerprint density at radius 3 is 2.58 bits per heavy atom. The van der Waals surface area contributed by atoms with E-state index < -0.39 is 10.0 Å². The van der Waals surface area contributed by atoms with Crippen LogP contribution in [-0.4, -0.2) is 25.7 Å². The normalized spacial score (nSPS) is 11.5. The summed E-state index contributed by atoms with van der Waals surface area (Å²) in [6.07, 6.45) is 0. The van der Waals surface area contributed by atoms with Crippen molar-refractivity contribution in [3.05, 3.63) is 59.5 Å². The van der Waals surface area contributed by atoms with Crippen LogP contribution in [-0.2, 0) is 16.6 Å². The van der Waals surface area contributed by atoms with Gasteiger partial charge in [-0.05, 0) is 43.2 Å². The first-order chi connectivity index (χ1) is 12.4. The second kappa shape index (κ2) is 7.27. The monoisotopic (exact) mass is 373 g/mol. The summed E-state index contributed by atoms with van der Waals surface area (Å²) in [5.74, 6) is 1.22. The molecule has 3 aromatic rings. The molecule has 0 radical (unpaired) electrons. The molecule has 1 heterocycles. The van der Waals surface area contributed by atoms with E-state index in [0.717, 1.165) is 11.1 Å². The molecule has 0 unspecified atom stereocenters. The standard InChI is InChI=1S/C18H19N3O4S/c1-12-6-4-5-7-15(12)18-20-17(25-21-18)11-19-26(22,23)16-9-8-14(24-3)10-13(16)2/h4-10,19H,11H2,1-3H3. The molecule has 0 aliphatic carbocycles. The van der Waals surface area contributed by atoms with E-state index in [1.54, 1.807) is 19.1 Å². The van der Waals surface area contributed by atoms with Crippen LogP contribution in [0.1, 0.15) is 17.0 Å². The molecular weight excluding hydrogens is 354 g/mol. The minimum atomic E-state index is -3.71. The molecule has 7 nitrogen and oxygen atoms in total. The molecule has 0 spiro atoms. The molecule has 0 bridgehead atoms. The average Bonchev–Trinajstić information content (AvgIpc) is 3.09. The predicted octanol–water partition coefficient (Wildman–Crippen LogP) is 2.84. The number of ether oxygens (including phenoxy) is 1. The SMILES string of the molecule is COc1ccc(S(=O)(=O)NCc2nc(-c3ccccc3C)no2)c(C)c1. The van der Waals surface area contributed by atoms with Crippen LogP contribution >= 0.6 is 0 Å². The van der Waals surface area contributed by atoms with Gasteiger partial charge in [0.2, 0.25) is 21.7 Å². The van der Waals surface area contributed by atoms with E-state index >= 15 is 0 Å². The van der Waals surface area contributed by atoms with E-state index in [1.807, 2.05) is 31.2 Å². The lowest BCUT2D eigenvalue weighted by molar-refractivity contribution is 0.376. The van der Waals surface area contributed by atoms with Crippen molar-refractivity contribution in [1.29, 1.82) is 0 Å². The van der Waals surface area contributed by atoms with E-state index in [-0.39, 0.29) is 17.3 Å². The highest BCUT2D eigenvalue weighted by Gasteiger charge is 2.19. The minimum absolute atomic E-state index is 0.0906. The van der Waals surface area contributed by atoms with Crippen LogP contribution in [0.15, 0.2) is 51.9 Å². The summed E-state index contributed by atoms with van der Waals surface area (Å²) in [7, 11) is -2.18. The molecule has 8 heteroatoms. The zero-order chi connectivity index (χ0) is 18.7. The summed E-state index contributed by atoms with van der Waals surface area (Å²) in [5.41, 5.74) is 2.44. The zero-order valence-corrected chi connectivity index (χ0v) is 15.5. The predicted molar refractivity (Wildman–Crippen MR) is 96.2 cm³/mol. The summed E-state index contributed by atoms with van der Waals surface area (Å²) < 4.78 is 37.8. The van der Waals surface area contributed by atoms with E-state index in [4.69, 9.17) is 9.26 Å². The van der Waals surface area contributed by atoms with Gasteiger partial charge >= 0.3 is 0 Å². The molecular formula is C18H19N3O4S. The van der Waals surface area contributed by atoms with Crippen LogP contribution in [0.5, 0.6) is 5.75 Å². The first-order valence-electron chi connectivity index (χ1n) is 7.93. The van der Waals surface area contributed by atoms with Gasteiger partial charge in [-0.25, -0.2) is 13.1 Å². The molecule has 0 amide bonds. The Hall–Kier alpha value is -2.71. The maximum absolute atomic E-state index is 12.5. The Morgan fingerprint density at radius 2 is 1.88 bits per heavy atom. The summed E-state index contributed by atoms with van der Waals surface area (Å²) in [5, 5.41) is 3.92. The fourth-order valence-electron chi connectivity index (χ4n) is 2.54. The highest BCUT2D eigenvalue weighted by Crippen LogP contribution is 2.22. The van der Waals surface area contributed by atoms with Crippen LogP contribution in [0.2, 0.25) is 0 Å². The first kappa shape index (κ1) is 18.1. The molecule has 0 fully saturated rings. The van der Waals surface area contributed by atoms with Crippen molar-refractivity contribution < 1.29 is 17.7 Å². The van der Waals surface area contributed by atoms with E-state index in [1.165, 1.54) is 13.2 Å². The molecule has 2 aromatic carbocycles. The van der Waals surface area contributed by atoms with Crippen LogP contribution in [0.25, 0.3) is 11.4 Å². The lowest BCUT2D eigenvalue weighted by Gasteiger charge is -2.09. The molecule has 1 aromatic heterocycles. The maximum atomic E-state index is 12.5. The zero-order valence-electron chi connectivity index (χ0n) is 14.7. The number of sulfonamides is 1. The van der Waals surface area contributed by atoms with Crippen LogP contribution < -0.4 is 9.46 Å². The number of aryl methyl sites for hydroxylation is 2. The van der Waals surface area contributed by atoms with Crippen molar-refractivity contribution in [2.75, 3.05) is 7.11 Å². The molecule has 136 valence electrons. The third kappa shape index (κ3) is 3.76. The van der Waals surface area contributed by atoms with Crippen LogP contribution in [0.3, 0.4) is 0 Å². The van der Waals surface area contributed by atoms with Gasteiger partial charge in [-0.15, -0.1) is 0 Å². The second-order valence-electron chi connectivity index (χ2n) is 5.78. The van der Waals surface area contributed by atoms with E-state index in [9.17, 15) is 8.42 Å². The molecule has 0 aliphatic rings. The number of rotatable bonds is 6. The Morgan fingerprint density at radius 1 is 1.12 bits per heavy atom. The second-order valence-corrected chi connectivity index (χ2v) is 7.52. The molecule has 26 heavy (non-hydrogen) atoms. The fourth-order valence-corrected chi connectivity index (χ4v) is 3.74. The summed E-state index contributed by atoms with van der Waals surface area (Å²) in [4.78, 5) is 4.44. The van der Waals surface area contributed by atoms with Gasteiger partial charge in [0.1, 0.15) is 5.75 Å². The molecule has 0 atom stereocenters. The summed E-state index contributed by atoms with van der Waals surface area (Å²) in [6.45, 7) is 3.56.